The minimum atomic E-state index is -4.31. The van der Waals surface area contributed by atoms with Crippen LogP contribution in [-0.2, 0) is 32.6 Å². The zero-order chi connectivity index (χ0) is 35.8. The van der Waals surface area contributed by atoms with Gasteiger partial charge in [-0.1, -0.05) is 108 Å². The van der Waals surface area contributed by atoms with E-state index >= 15 is 0 Å². The Kier molecular flexibility index (Phi) is 12.7. The van der Waals surface area contributed by atoms with E-state index in [1.54, 1.807) is 36.4 Å². The second-order valence-corrected chi connectivity index (χ2v) is 15.6. The first kappa shape index (κ1) is 37.5. The van der Waals surface area contributed by atoms with E-state index in [-0.39, 0.29) is 40.5 Å². The molecule has 8 nitrogen and oxygen atoms in total. The Bertz CT molecular complexity index is 1900. The smallest absolute Gasteiger partial charge is 0.264 e. The standard InChI is InChI=1S/C38H40Cl3N3O5S/c1-26-13-18-32(19-14-26)50(47,48)44(31-17-20-36(49-2)34(41)23-31)25-37(45)43(24-28-15-16-29(39)22-33(28)40)35(21-27-9-5-3-6-10-27)38(46)42-30-11-7-4-8-12-30/h3,5-6,9-10,13-20,22-23,30,35H,4,7-8,11-12,21,24-25H2,1-2H3,(H,42,46). The lowest BCUT2D eigenvalue weighted by Gasteiger charge is -2.35. The fourth-order valence-corrected chi connectivity index (χ4v) is 8.23. The molecule has 5 rings (SSSR count). The molecule has 0 saturated heterocycles. The van der Waals surface area contributed by atoms with Crippen LogP contribution < -0.4 is 14.4 Å². The van der Waals surface area contributed by atoms with E-state index in [4.69, 9.17) is 39.5 Å². The van der Waals surface area contributed by atoms with Gasteiger partial charge in [0.2, 0.25) is 11.8 Å². The van der Waals surface area contributed by atoms with Crippen molar-refractivity contribution in [2.24, 2.45) is 0 Å². The van der Waals surface area contributed by atoms with Gasteiger partial charge in [-0.15, -0.1) is 0 Å². The largest absolute Gasteiger partial charge is 0.495 e. The summed E-state index contributed by atoms with van der Waals surface area (Å²) in [6.45, 7) is 1.14. The van der Waals surface area contributed by atoms with E-state index in [0.717, 1.165) is 47.5 Å². The molecule has 1 unspecified atom stereocenters. The molecule has 0 aromatic heterocycles. The average Bonchev–Trinajstić information content (AvgIpc) is 3.10. The monoisotopic (exact) mass is 755 g/mol. The van der Waals surface area contributed by atoms with Gasteiger partial charge in [0.15, 0.2) is 0 Å². The minimum absolute atomic E-state index is 0.00832. The number of carbonyl (C=O) groups is 2. The number of hydrogen-bond donors (Lipinski definition) is 1. The van der Waals surface area contributed by atoms with Crippen LogP contribution in [-0.4, -0.2) is 50.9 Å². The molecule has 1 aliphatic rings. The van der Waals surface area contributed by atoms with Crippen molar-refractivity contribution < 1.29 is 22.7 Å². The third-order valence-electron chi connectivity index (χ3n) is 8.89. The van der Waals surface area contributed by atoms with Crippen molar-refractivity contribution in [2.45, 2.75) is 69.0 Å². The Morgan fingerprint density at radius 1 is 0.880 bits per heavy atom. The molecule has 1 atom stereocenters. The predicted molar refractivity (Wildman–Crippen MR) is 200 cm³/mol. The van der Waals surface area contributed by atoms with Crippen molar-refractivity contribution >= 4 is 62.3 Å². The van der Waals surface area contributed by atoms with Crippen molar-refractivity contribution in [3.8, 4) is 5.75 Å². The molecule has 4 aromatic carbocycles. The number of carbonyl (C=O) groups excluding carboxylic acids is 2. The number of ether oxygens (including phenoxy) is 1. The van der Waals surface area contributed by atoms with Crippen LogP contribution in [0.25, 0.3) is 0 Å². The normalized spacial score (nSPS) is 14.1. The Morgan fingerprint density at radius 2 is 1.58 bits per heavy atom. The first-order chi connectivity index (χ1) is 24.0. The first-order valence-corrected chi connectivity index (χ1v) is 19.0. The SMILES string of the molecule is COc1ccc(N(CC(=O)N(Cc2ccc(Cl)cc2Cl)C(Cc2ccccc2)C(=O)NC2CCCCC2)S(=O)(=O)c2ccc(C)cc2)cc1Cl. The molecule has 12 heteroatoms. The number of sulfonamides is 1. The Balaban J connectivity index is 1.60. The maximum absolute atomic E-state index is 14.8. The van der Waals surface area contributed by atoms with E-state index < -0.39 is 28.5 Å². The number of nitrogens with zero attached hydrogens (tertiary/aromatic N) is 2. The molecule has 0 bridgehead atoms. The molecule has 0 aliphatic heterocycles. The molecule has 0 spiro atoms. The van der Waals surface area contributed by atoms with Crippen molar-refractivity contribution in [2.75, 3.05) is 18.0 Å². The molecule has 2 amide bonds. The van der Waals surface area contributed by atoms with Crippen molar-refractivity contribution in [1.82, 2.24) is 10.2 Å². The van der Waals surface area contributed by atoms with E-state index in [9.17, 15) is 18.0 Å². The molecule has 0 radical (unpaired) electrons. The zero-order valence-electron chi connectivity index (χ0n) is 27.9. The number of benzene rings is 4. The van der Waals surface area contributed by atoms with Crippen LogP contribution in [0.1, 0.15) is 48.8 Å². The van der Waals surface area contributed by atoms with E-state index in [1.165, 1.54) is 36.3 Å². The van der Waals surface area contributed by atoms with Gasteiger partial charge in [0.25, 0.3) is 10.0 Å². The highest BCUT2D eigenvalue weighted by Gasteiger charge is 2.36. The molecule has 50 heavy (non-hydrogen) atoms. The number of anilines is 1. The summed E-state index contributed by atoms with van der Waals surface area (Å²) in [5, 5.41) is 4.10. The van der Waals surface area contributed by atoms with Crippen molar-refractivity contribution in [3.05, 3.63) is 123 Å². The number of nitrogens with one attached hydrogen (secondary N) is 1. The molecule has 1 fully saturated rings. The second-order valence-electron chi connectivity index (χ2n) is 12.4. The van der Waals surface area contributed by atoms with Crippen LogP contribution >= 0.6 is 34.8 Å². The van der Waals surface area contributed by atoms with Gasteiger partial charge in [-0.2, -0.15) is 0 Å². The fraction of sp³-hybridized carbons (Fsp3) is 0.316. The number of rotatable bonds is 13. The van der Waals surface area contributed by atoms with E-state index in [1.807, 2.05) is 37.3 Å². The summed E-state index contributed by atoms with van der Waals surface area (Å²) >= 11 is 19.3. The molecular weight excluding hydrogens is 717 g/mol. The summed E-state index contributed by atoms with van der Waals surface area (Å²) in [4.78, 5) is 30.5. The third-order valence-corrected chi connectivity index (χ3v) is 11.6. The lowest BCUT2D eigenvalue weighted by atomic mass is 9.94. The van der Waals surface area contributed by atoms with Gasteiger partial charge in [0, 0.05) is 29.1 Å². The van der Waals surface area contributed by atoms with Gasteiger partial charge >= 0.3 is 0 Å². The van der Waals surface area contributed by atoms with Crippen LogP contribution in [0.5, 0.6) is 5.75 Å². The number of hydrogen-bond acceptors (Lipinski definition) is 5. The maximum Gasteiger partial charge on any atom is 0.264 e. The Morgan fingerprint density at radius 3 is 2.22 bits per heavy atom. The van der Waals surface area contributed by atoms with Gasteiger partial charge in [-0.3, -0.25) is 13.9 Å². The van der Waals surface area contributed by atoms with Crippen LogP contribution in [0.2, 0.25) is 15.1 Å². The molecule has 264 valence electrons. The first-order valence-electron chi connectivity index (χ1n) is 16.5. The van der Waals surface area contributed by atoms with Crippen LogP contribution in [0.3, 0.4) is 0 Å². The molecular formula is C38H40Cl3N3O5S. The number of aryl methyl sites for hydroxylation is 1. The summed E-state index contributed by atoms with van der Waals surface area (Å²) in [7, 11) is -2.85. The van der Waals surface area contributed by atoms with Gasteiger partial charge in [0.05, 0.1) is 22.7 Å². The van der Waals surface area contributed by atoms with Crippen molar-refractivity contribution in [3.63, 3.8) is 0 Å². The van der Waals surface area contributed by atoms with E-state index in [0.29, 0.717) is 21.4 Å². The summed E-state index contributed by atoms with van der Waals surface area (Å²) < 4.78 is 35.0. The third kappa shape index (κ3) is 9.31. The molecule has 4 aromatic rings. The Labute approximate surface area is 309 Å². The maximum atomic E-state index is 14.8. The van der Waals surface area contributed by atoms with Crippen LogP contribution in [0, 0.1) is 6.92 Å². The van der Waals surface area contributed by atoms with Crippen LogP contribution in [0.4, 0.5) is 5.69 Å². The highest BCUT2D eigenvalue weighted by molar-refractivity contribution is 7.92. The van der Waals surface area contributed by atoms with Gasteiger partial charge < -0.3 is 15.0 Å². The van der Waals surface area contributed by atoms with Gasteiger partial charge in [-0.25, -0.2) is 8.42 Å². The number of amides is 2. The zero-order valence-corrected chi connectivity index (χ0v) is 31.0. The lowest BCUT2D eigenvalue weighted by molar-refractivity contribution is -0.140. The number of halogens is 3. The number of methoxy groups -OCH3 is 1. The van der Waals surface area contributed by atoms with Crippen molar-refractivity contribution in [1.29, 1.82) is 0 Å². The predicted octanol–water partition coefficient (Wildman–Crippen LogP) is 8.25. The highest BCUT2D eigenvalue weighted by Crippen LogP contribution is 2.33. The van der Waals surface area contributed by atoms with Gasteiger partial charge in [0.1, 0.15) is 18.3 Å². The quantitative estimate of drug-likeness (QED) is 0.148. The van der Waals surface area contributed by atoms with Crippen LogP contribution in [0.15, 0.2) is 95.9 Å². The fourth-order valence-electron chi connectivity index (χ4n) is 6.11. The Hall–Kier alpha value is -3.76. The molecule has 0 heterocycles. The topological polar surface area (TPSA) is 96.0 Å². The molecule has 1 saturated carbocycles. The second kappa shape index (κ2) is 17.0. The van der Waals surface area contributed by atoms with Gasteiger partial charge in [-0.05, 0) is 73.4 Å². The summed E-state index contributed by atoms with van der Waals surface area (Å²) in [5.41, 5.74) is 2.41. The lowest BCUT2D eigenvalue weighted by Crippen LogP contribution is -2.55. The average molecular weight is 757 g/mol. The highest BCUT2D eigenvalue weighted by atomic mass is 35.5. The molecule has 1 N–H and O–H groups in total. The summed E-state index contributed by atoms with van der Waals surface area (Å²) in [6.07, 6.45) is 5.01. The molecule has 1 aliphatic carbocycles. The minimum Gasteiger partial charge on any atom is -0.495 e. The van der Waals surface area contributed by atoms with E-state index in [2.05, 4.69) is 5.32 Å². The summed E-state index contributed by atoms with van der Waals surface area (Å²) in [6, 6.07) is 24.2. The summed E-state index contributed by atoms with van der Waals surface area (Å²) in [5.74, 6) is -0.589.